The highest BCUT2D eigenvalue weighted by atomic mass is 16.2. The van der Waals surface area contributed by atoms with E-state index in [0.29, 0.717) is 18.5 Å². The van der Waals surface area contributed by atoms with Crippen molar-refractivity contribution in [1.82, 2.24) is 30.1 Å². The molecule has 4 rings (SSSR count). The fourth-order valence-electron chi connectivity index (χ4n) is 4.08. The molecule has 1 N–H and O–H groups in total. The zero-order valence-electron chi connectivity index (χ0n) is 14.7. The quantitative estimate of drug-likeness (QED) is 0.730. The van der Waals surface area contributed by atoms with Crippen LogP contribution in [0, 0.1) is 11.8 Å². The number of nitrogens with zero attached hydrogens (tertiary/aromatic N) is 5. The van der Waals surface area contributed by atoms with Gasteiger partial charge < -0.3 is 10.2 Å². The molecule has 3 aliphatic rings. The molecule has 0 saturated carbocycles. The third kappa shape index (κ3) is 3.52. The molecule has 4 heterocycles. The van der Waals surface area contributed by atoms with Gasteiger partial charge in [0.05, 0.1) is 18.2 Å². The molecule has 0 aliphatic carbocycles. The summed E-state index contributed by atoms with van der Waals surface area (Å²) in [5.74, 6) is 0.885. The number of hydrogen-bond acceptors (Lipinski definition) is 5. The summed E-state index contributed by atoms with van der Waals surface area (Å²) in [7, 11) is 3.78. The van der Waals surface area contributed by atoms with Gasteiger partial charge in [0.15, 0.2) is 0 Å². The number of carbonyl (C=O) groups excluding carboxylic acids is 1. The van der Waals surface area contributed by atoms with Gasteiger partial charge in [0.2, 0.25) is 5.91 Å². The fourth-order valence-corrected chi connectivity index (χ4v) is 4.08. The molecule has 24 heavy (non-hydrogen) atoms. The van der Waals surface area contributed by atoms with E-state index in [0.717, 1.165) is 44.7 Å². The highest BCUT2D eigenvalue weighted by Crippen LogP contribution is 2.37. The molecular formula is C17H28N6O. The van der Waals surface area contributed by atoms with Crippen LogP contribution in [0.4, 0.5) is 0 Å². The molecule has 1 unspecified atom stereocenters. The molecule has 0 radical (unpaired) electrons. The molecule has 3 fully saturated rings. The summed E-state index contributed by atoms with van der Waals surface area (Å²) in [5.41, 5.74) is 0.965. The van der Waals surface area contributed by atoms with Crippen LogP contribution >= 0.6 is 0 Å². The van der Waals surface area contributed by atoms with Gasteiger partial charge in [-0.15, -0.1) is 11.7 Å². The van der Waals surface area contributed by atoms with Crippen LogP contribution in [0.25, 0.3) is 0 Å². The first-order chi connectivity index (χ1) is 11.6. The van der Waals surface area contributed by atoms with E-state index >= 15 is 0 Å². The van der Waals surface area contributed by atoms with Crippen molar-refractivity contribution in [3.05, 3.63) is 24.5 Å². The predicted molar refractivity (Wildman–Crippen MR) is 92.2 cm³/mol. The molecule has 7 heteroatoms. The first kappa shape index (κ1) is 17.1. The van der Waals surface area contributed by atoms with Crippen molar-refractivity contribution in [3.8, 4) is 0 Å². The number of nitrogens with one attached hydrogen (secondary N) is 1. The van der Waals surface area contributed by atoms with Crippen LogP contribution in [-0.2, 0) is 17.9 Å². The van der Waals surface area contributed by atoms with Crippen LogP contribution < -0.4 is 5.32 Å². The van der Waals surface area contributed by atoms with Crippen molar-refractivity contribution in [1.29, 1.82) is 0 Å². The maximum atomic E-state index is 12.6. The molecular weight excluding hydrogens is 304 g/mol. The number of carbonyl (C=O) groups is 1. The highest BCUT2D eigenvalue weighted by Gasteiger charge is 2.43. The van der Waals surface area contributed by atoms with Crippen LogP contribution in [-0.4, -0.2) is 70.5 Å². The summed E-state index contributed by atoms with van der Waals surface area (Å²) in [6, 6.07) is 0.460. The number of hydrogen-bond donors (Lipinski definition) is 1. The maximum Gasteiger partial charge on any atom is 0.227 e. The van der Waals surface area contributed by atoms with E-state index < -0.39 is 0 Å². The van der Waals surface area contributed by atoms with Crippen LogP contribution in [0.15, 0.2) is 18.9 Å². The van der Waals surface area contributed by atoms with Crippen molar-refractivity contribution in [2.75, 3.05) is 33.7 Å². The smallest absolute Gasteiger partial charge is 0.227 e. The lowest BCUT2D eigenvalue weighted by Gasteiger charge is -2.49. The SMILES string of the molecule is C=CCN(C)C(=O)[C@H]1CN2CC[C@H]1C[C@@H]2Cn1cc(CNC)nn1. The second kappa shape index (κ2) is 7.44. The van der Waals surface area contributed by atoms with E-state index in [1.807, 2.05) is 25.0 Å². The first-order valence-electron chi connectivity index (χ1n) is 8.76. The molecule has 7 nitrogen and oxygen atoms in total. The summed E-state index contributed by atoms with van der Waals surface area (Å²) in [4.78, 5) is 16.9. The van der Waals surface area contributed by atoms with Crippen LogP contribution in [0.3, 0.4) is 0 Å². The number of piperidine rings is 3. The van der Waals surface area contributed by atoms with E-state index in [-0.39, 0.29) is 11.8 Å². The van der Waals surface area contributed by atoms with Gasteiger partial charge in [0, 0.05) is 38.9 Å². The summed E-state index contributed by atoms with van der Waals surface area (Å²) in [5, 5.41) is 11.5. The Bertz CT molecular complexity index is 585. The average Bonchev–Trinajstić information content (AvgIpc) is 3.02. The first-order valence-corrected chi connectivity index (χ1v) is 8.76. The van der Waals surface area contributed by atoms with Crippen molar-refractivity contribution in [2.24, 2.45) is 11.8 Å². The Balaban J connectivity index is 1.60. The molecule has 1 amide bonds. The fraction of sp³-hybridized carbons (Fsp3) is 0.706. The van der Waals surface area contributed by atoms with Crippen molar-refractivity contribution in [3.63, 3.8) is 0 Å². The van der Waals surface area contributed by atoms with Gasteiger partial charge in [-0.25, -0.2) is 0 Å². The van der Waals surface area contributed by atoms with Crippen molar-refractivity contribution in [2.45, 2.75) is 32.0 Å². The van der Waals surface area contributed by atoms with Gasteiger partial charge >= 0.3 is 0 Å². The van der Waals surface area contributed by atoms with E-state index in [4.69, 9.17) is 0 Å². The molecule has 0 aromatic carbocycles. The number of amides is 1. The minimum atomic E-state index is 0.135. The van der Waals surface area contributed by atoms with Gasteiger partial charge in [-0.1, -0.05) is 11.3 Å². The van der Waals surface area contributed by atoms with Crippen molar-refractivity contribution < 1.29 is 4.79 Å². The minimum absolute atomic E-state index is 0.135. The molecule has 3 saturated heterocycles. The second-order valence-corrected chi connectivity index (χ2v) is 7.01. The van der Waals surface area contributed by atoms with Gasteiger partial charge in [0.1, 0.15) is 0 Å². The molecule has 132 valence electrons. The standard InChI is InChI=1S/C17H28N6O/c1-4-6-21(3)17(24)16-12-22-7-5-13(16)8-15(22)11-23-10-14(9-18-2)19-20-23/h4,10,13,15-16,18H,1,5-9,11-12H2,2-3H3/t13-,15+,16-/m0/s1. The third-order valence-electron chi connectivity index (χ3n) is 5.32. The van der Waals surface area contributed by atoms with E-state index in [1.165, 1.54) is 0 Å². The highest BCUT2D eigenvalue weighted by molar-refractivity contribution is 5.79. The van der Waals surface area contributed by atoms with E-state index in [2.05, 4.69) is 27.1 Å². The van der Waals surface area contributed by atoms with Crippen molar-refractivity contribution >= 4 is 5.91 Å². The average molecular weight is 332 g/mol. The Morgan fingerprint density at radius 1 is 1.58 bits per heavy atom. The van der Waals surface area contributed by atoms with Gasteiger partial charge in [-0.2, -0.15) is 0 Å². The van der Waals surface area contributed by atoms with Gasteiger partial charge in [-0.3, -0.25) is 14.4 Å². The van der Waals surface area contributed by atoms with E-state index in [9.17, 15) is 4.79 Å². The van der Waals surface area contributed by atoms with Gasteiger partial charge in [0.25, 0.3) is 0 Å². The lowest BCUT2D eigenvalue weighted by molar-refractivity contribution is -0.142. The Labute approximate surface area is 143 Å². The molecule has 2 bridgehead atoms. The molecule has 1 aromatic heterocycles. The Hall–Kier alpha value is -1.73. The summed E-state index contributed by atoms with van der Waals surface area (Å²) in [6.45, 7) is 7.90. The number of likely N-dealkylation sites (N-methyl/N-ethyl adjacent to an activating group) is 1. The lowest BCUT2D eigenvalue weighted by atomic mass is 9.75. The largest absolute Gasteiger partial charge is 0.342 e. The van der Waals surface area contributed by atoms with Gasteiger partial charge in [-0.05, 0) is 32.4 Å². The summed E-state index contributed by atoms with van der Waals surface area (Å²) < 4.78 is 1.94. The Kier molecular flexibility index (Phi) is 5.30. The molecule has 0 spiro atoms. The van der Waals surface area contributed by atoms with Crippen LogP contribution in [0.2, 0.25) is 0 Å². The zero-order chi connectivity index (χ0) is 17.1. The number of fused-ring (bicyclic) bond motifs is 3. The monoisotopic (exact) mass is 332 g/mol. The Morgan fingerprint density at radius 2 is 2.42 bits per heavy atom. The topological polar surface area (TPSA) is 66.3 Å². The Morgan fingerprint density at radius 3 is 3.08 bits per heavy atom. The predicted octanol–water partition coefficient (Wildman–Crippen LogP) is 0.352. The third-order valence-corrected chi connectivity index (χ3v) is 5.32. The lowest BCUT2D eigenvalue weighted by Crippen LogP contribution is -2.58. The van der Waals surface area contributed by atoms with Crippen LogP contribution in [0.1, 0.15) is 18.5 Å². The summed E-state index contributed by atoms with van der Waals surface area (Å²) >= 11 is 0. The van der Waals surface area contributed by atoms with E-state index in [1.54, 1.807) is 11.0 Å². The minimum Gasteiger partial charge on any atom is -0.342 e. The summed E-state index contributed by atoms with van der Waals surface area (Å²) in [6.07, 6.45) is 5.99. The number of rotatable bonds is 7. The molecule has 1 aromatic rings. The molecule has 3 aliphatic heterocycles. The second-order valence-electron chi connectivity index (χ2n) is 7.01. The number of aromatic nitrogens is 3. The van der Waals surface area contributed by atoms with Crippen LogP contribution in [0.5, 0.6) is 0 Å². The normalized spacial score (nSPS) is 28.8. The zero-order valence-corrected chi connectivity index (χ0v) is 14.7. The maximum absolute atomic E-state index is 12.6. The molecule has 4 atom stereocenters.